The van der Waals surface area contributed by atoms with Crippen molar-refractivity contribution < 1.29 is 9.47 Å². The second-order valence-corrected chi connectivity index (χ2v) is 5.70. The van der Waals surface area contributed by atoms with Gasteiger partial charge in [0.1, 0.15) is 0 Å². The number of ether oxygens (including phenoxy) is 2. The van der Waals surface area contributed by atoms with E-state index in [1.165, 1.54) is 0 Å². The Morgan fingerprint density at radius 2 is 1.50 bits per heavy atom. The summed E-state index contributed by atoms with van der Waals surface area (Å²) in [6.45, 7) is 1.39. The molecule has 0 fully saturated rings. The Kier molecular flexibility index (Phi) is 3.60. The summed E-state index contributed by atoms with van der Waals surface area (Å²) in [5.74, 6) is 1.61. The van der Waals surface area contributed by atoms with Gasteiger partial charge in [0.2, 0.25) is 0 Å². The zero-order valence-electron chi connectivity index (χ0n) is 11.0. The Hall–Kier alpha value is -2.01. The number of nitrogen functional groups attached to an aromatic ring is 2. The van der Waals surface area contributed by atoms with Crippen molar-refractivity contribution in [2.45, 2.75) is 16.2 Å². The molecular weight excluding hydrogens is 272 g/mol. The largest absolute Gasteiger partial charge is 0.490 e. The molecule has 4 N–H and O–H groups in total. The van der Waals surface area contributed by atoms with Crippen LogP contribution in [0.1, 0.15) is 6.42 Å². The van der Waals surface area contributed by atoms with Crippen molar-refractivity contribution in [3.63, 3.8) is 0 Å². The molecule has 2 aromatic carbocycles. The van der Waals surface area contributed by atoms with Crippen LogP contribution in [0.5, 0.6) is 11.5 Å². The summed E-state index contributed by atoms with van der Waals surface area (Å²) < 4.78 is 11.3. The molecule has 0 radical (unpaired) electrons. The monoisotopic (exact) mass is 288 g/mol. The third-order valence-corrected chi connectivity index (χ3v) is 3.99. The van der Waals surface area contributed by atoms with Gasteiger partial charge in [0.15, 0.2) is 11.5 Å². The fourth-order valence-corrected chi connectivity index (χ4v) is 2.86. The number of nitrogens with two attached hydrogens (primary N) is 2. The van der Waals surface area contributed by atoms with Crippen molar-refractivity contribution in [3.05, 3.63) is 36.4 Å². The molecule has 3 rings (SSSR count). The van der Waals surface area contributed by atoms with Crippen molar-refractivity contribution in [2.24, 2.45) is 0 Å². The molecule has 0 amide bonds. The maximum atomic E-state index is 5.82. The zero-order chi connectivity index (χ0) is 13.9. The molecular formula is C15H16N2O2S. The predicted octanol–water partition coefficient (Wildman–Crippen LogP) is 3.16. The molecule has 104 valence electrons. The van der Waals surface area contributed by atoms with Crippen LogP contribution in [0.15, 0.2) is 46.2 Å². The van der Waals surface area contributed by atoms with Crippen LogP contribution in [0.4, 0.5) is 11.4 Å². The number of rotatable bonds is 2. The molecule has 20 heavy (non-hydrogen) atoms. The van der Waals surface area contributed by atoms with E-state index in [-0.39, 0.29) is 0 Å². The smallest absolute Gasteiger partial charge is 0.162 e. The fourth-order valence-electron chi connectivity index (χ4n) is 1.96. The molecule has 1 heterocycles. The van der Waals surface area contributed by atoms with Gasteiger partial charge in [0.05, 0.1) is 24.6 Å². The lowest BCUT2D eigenvalue weighted by Gasteiger charge is -2.09. The first-order valence-corrected chi connectivity index (χ1v) is 7.26. The van der Waals surface area contributed by atoms with E-state index in [1.54, 1.807) is 11.8 Å². The highest BCUT2D eigenvalue weighted by Crippen LogP contribution is 2.37. The van der Waals surface area contributed by atoms with Crippen LogP contribution >= 0.6 is 11.8 Å². The van der Waals surface area contributed by atoms with E-state index < -0.39 is 0 Å². The standard InChI is InChI=1S/C15H16N2O2S/c16-12-4-2-10(8-13(12)17)20-11-3-5-14-15(9-11)19-7-1-6-18-14/h2-5,8-9H,1,6-7,16-17H2. The number of hydrogen-bond donors (Lipinski definition) is 2. The molecule has 0 aliphatic carbocycles. The molecule has 2 aromatic rings. The van der Waals surface area contributed by atoms with E-state index in [9.17, 15) is 0 Å². The lowest BCUT2D eigenvalue weighted by atomic mass is 10.3. The van der Waals surface area contributed by atoms with Crippen LogP contribution in [0, 0.1) is 0 Å². The van der Waals surface area contributed by atoms with Gasteiger partial charge in [-0.05, 0) is 36.4 Å². The minimum atomic E-state index is 0.601. The summed E-state index contributed by atoms with van der Waals surface area (Å²) in [6.07, 6.45) is 0.908. The molecule has 0 spiro atoms. The Balaban J connectivity index is 1.83. The summed E-state index contributed by atoms with van der Waals surface area (Å²) >= 11 is 1.62. The normalized spacial score (nSPS) is 13.8. The first kappa shape index (κ1) is 13.0. The molecule has 0 aromatic heterocycles. The van der Waals surface area contributed by atoms with Crippen molar-refractivity contribution in [1.29, 1.82) is 0 Å². The molecule has 1 aliphatic rings. The first-order chi connectivity index (χ1) is 9.72. The maximum Gasteiger partial charge on any atom is 0.162 e. The van der Waals surface area contributed by atoms with E-state index >= 15 is 0 Å². The van der Waals surface area contributed by atoms with Gasteiger partial charge >= 0.3 is 0 Å². The Labute approximate surface area is 122 Å². The highest BCUT2D eigenvalue weighted by molar-refractivity contribution is 7.99. The lowest BCUT2D eigenvalue weighted by molar-refractivity contribution is 0.297. The highest BCUT2D eigenvalue weighted by Gasteiger charge is 2.11. The number of anilines is 2. The summed E-state index contributed by atoms with van der Waals surface area (Å²) in [4.78, 5) is 2.13. The SMILES string of the molecule is Nc1ccc(Sc2ccc3c(c2)OCCCO3)cc1N. The summed E-state index contributed by atoms with van der Waals surface area (Å²) in [5.41, 5.74) is 12.7. The highest BCUT2D eigenvalue weighted by atomic mass is 32.2. The average molecular weight is 288 g/mol. The van der Waals surface area contributed by atoms with Gasteiger partial charge in [-0.3, -0.25) is 0 Å². The molecule has 0 saturated heterocycles. The first-order valence-electron chi connectivity index (χ1n) is 6.45. The fraction of sp³-hybridized carbons (Fsp3) is 0.200. The quantitative estimate of drug-likeness (QED) is 0.831. The molecule has 0 saturated carbocycles. The van der Waals surface area contributed by atoms with Gasteiger partial charge in [-0.1, -0.05) is 11.8 Å². The number of benzene rings is 2. The van der Waals surface area contributed by atoms with Crippen LogP contribution in [-0.4, -0.2) is 13.2 Å². The van der Waals surface area contributed by atoms with Crippen LogP contribution in [0.3, 0.4) is 0 Å². The van der Waals surface area contributed by atoms with Crippen LogP contribution in [-0.2, 0) is 0 Å². The second-order valence-electron chi connectivity index (χ2n) is 4.55. The minimum absolute atomic E-state index is 0.601. The van der Waals surface area contributed by atoms with E-state index in [1.807, 2.05) is 36.4 Å². The van der Waals surface area contributed by atoms with Gasteiger partial charge in [-0.15, -0.1) is 0 Å². The number of fused-ring (bicyclic) bond motifs is 1. The Morgan fingerprint density at radius 3 is 2.30 bits per heavy atom. The van der Waals surface area contributed by atoms with E-state index in [0.29, 0.717) is 24.6 Å². The van der Waals surface area contributed by atoms with Gasteiger partial charge in [0, 0.05) is 16.2 Å². The zero-order valence-corrected chi connectivity index (χ0v) is 11.8. The molecule has 4 nitrogen and oxygen atoms in total. The average Bonchev–Trinajstić information content (AvgIpc) is 2.68. The van der Waals surface area contributed by atoms with E-state index in [0.717, 1.165) is 27.7 Å². The van der Waals surface area contributed by atoms with E-state index in [4.69, 9.17) is 20.9 Å². The third-order valence-electron chi connectivity index (χ3n) is 3.01. The van der Waals surface area contributed by atoms with Crippen molar-refractivity contribution in [3.8, 4) is 11.5 Å². The Bertz CT molecular complexity index is 631. The van der Waals surface area contributed by atoms with E-state index in [2.05, 4.69) is 0 Å². The second kappa shape index (κ2) is 5.54. The van der Waals surface area contributed by atoms with Gasteiger partial charge in [-0.2, -0.15) is 0 Å². The van der Waals surface area contributed by atoms with Crippen molar-refractivity contribution >= 4 is 23.1 Å². The molecule has 0 atom stereocenters. The lowest BCUT2D eigenvalue weighted by Crippen LogP contribution is -1.97. The third kappa shape index (κ3) is 2.77. The number of hydrogen-bond acceptors (Lipinski definition) is 5. The van der Waals surface area contributed by atoms with Crippen LogP contribution < -0.4 is 20.9 Å². The molecule has 5 heteroatoms. The van der Waals surface area contributed by atoms with Crippen molar-refractivity contribution in [1.82, 2.24) is 0 Å². The minimum Gasteiger partial charge on any atom is -0.490 e. The van der Waals surface area contributed by atoms with Gasteiger partial charge < -0.3 is 20.9 Å². The maximum absolute atomic E-state index is 5.82. The van der Waals surface area contributed by atoms with Crippen LogP contribution in [0.25, 0.3) is 0 Å². The summed E-state index contributed by atoms with van der Waals surface area (Å²) in [5, 5.41) is 0. The predicted molar refractivity (Wildman–Crippen MR) is 81.4 cm³/mol. The topological polar surface area (TPSA) is 70.5 Å². The van der Waals surface area contributed by atoms with Gasteiger partial charge in [0.25, 0.3) is 0 Å². The van der Waals surface area contributed by atoms with Crippen LogP contribution in [0.2, 0.25) is 0 Å². The Morgan fingerprint density at radius 1 is 0.800 bits per heavy atom. The molecule has 0 bridgehead atoms. The van der Waals surface area contributed by atoms with Gasteiger partial charge in [-0.25, -0.2) is 0 Å². The summed E-state index contributed by atoms with van der Waals surface area (Å²) in [7, 11) is 0. The molecule has 0 unspecified atom stereocenters. The molecule has 1 aliphatic heterocycles. The van der Waals surface area contributed by atoms with Crippen molar-refractivity contribution in [2.75, 3.05) is 24.7 Å². The summed E-state index contributed by atoms with van der Waals surface area (Å²) in [6, 6.07) is 11.6.